The van der Waals surface area contributed by atoms with Crippen molar-refractivity contribution in [2.45, 2.75) is 18.6 Å². The van der Waals surface area contributed by atoms with Gasteiger partial charge >= 0.3 is 0 Å². The monoisotopic (exact) mass is 335 g/mol. The van der Waals surface area contributed by atoms with Crippen molar-refractivity contribution < 1.29 is 4.79 Å². The number of halogens is 1. The lowest BCUT2D eigenvalue weighted by Gasteiger charge is -2.23. The van der Waals surface area contributed by atoms with Crippen LogP contribution in [-0.2, 0) is 11.3 Å². The van der Waals surface area contributed by atoms with Crippen molar-refractivity contribution in [2.75, 3.05) is 11.1 Å². The van der Waals surface area contributed by atoms with Gasteiger partial charge in [0.2, 0.25) is 5.91 Å². The second kappa shape index (κ2) is 6.14. The van der Waals surface area contributed by atoms with E-state index in [1.165, 1.54) is 24.0 Å². The average molecular weight is 336 g/mol. The van der Waals surface area contributed by atoms with Crippen molar-refractivity contribution in [1.82, 2.24) is 9.55 Å². The minimum atomic E-state index is -0.278. The highest BCUT2D eigenvalue weighted by atomic mass is 35.5. The van der Waals surface area contributed by atoms with Crippen LogP contribution in [0.15, 0.2) is 40.4 Å². The number of hydrogen-bond acceptors (Lipinski definition) is 4. The zero-order valence-electron chi connectivity index (χ0n) is 11.9. The lowest BCUT2D eigenvalue weighted by Crippen LogP contribution is -2.36. The minimum Gasteiger partial charge on any atom is -0.326 e. The van der Waals surface area contributed by atoms with E-state index in [0.717, 1.165) is 5.56 Å². The van der Waals surface area contributed by atoms with Crippen LogP contribution in [0.4, 0.5) is 5.69 Å². The van der Waals surface area contributed by atoms with Crippen LogP contribution in [0.1, 0.15) is 5.56 Å². The van der Waals surface area contributed by atoms with Crippen LogP contribution < -0.4 is 10.9 Å². The maximum atomic E-state index is 12.4. The third-order valence-corrected chi connectivity index (χ3v) is 5.09. The third-order valence-electron chi connectivity index (χ3n) is 3.53. The van der Waals surface area contributed by atoms with Crippen LogP contribution in [0.5, 0.6) is 0 Å². The van der Waals surface area contributed by atoms with E-state index >= 15 is 0 Å². The molecule has 5 nitrogen and oxygen atoms in total. The van der Waals surface area contributed by atoms with Gasteiger partial charge in [-0.05, 0) is 24.6 Å². The Morgan fingerprint density at radius 1 is 1.45 bits per heavy atom. The van der Waals surface area contributed by atoms with Crippen LogP contribution in [0.2, 0.25) is 5.02 Å². The van der Waals surface area contributed by atoms with Gasteiger partial charge < -0.3 is 5.32 Å². The van der Waals surface area contributed by atoms with Crippen LogP contribution in [0, 0.1) is 12.8 Å². The number of nitrogens with one attached hydrogen (secondary N) is 1. The molecular formula is C15H14ClN3O2S. The molecule has 1 aromatic heterocycles. The standard InChI is InChI=1S/C15H14ClN3O2S/c1-9-2-3-11(6-12(9)16)18-14(21)10-7-19-13(20)4-5-17-15(19)22-8-10/h2-6,10H,7-8H2,1H3,(H,18,21). The number of anilines is 1. The highest BCUT2D eigenvalue weighted by Gasteiger charge is 2.26. The Labute approximate surface area is 136 Å². The van der Waals surface area contributed by atoms with Gasteiger partial charge in [-0.15, -0.1) is 0 Å². The van der Waals surface area contributed by atoms with Gasteiger partial charge in [0.1, 0.15) is 0 Å². The molecule has 0 saturated heterocycles. The van der Waals surface area contributed by atoms with E-state index in [1.807, 2.05) is 19.1 Å². The van der Waals surface area contributed by atoms with Crippen LogP contribution in [0.3, 0.4) is 0 Å². The topological polar surface area (TPSA) is 64.0 Å². The molecule has 1 atom stereocenters. The molecule has 0 saturated carbocycles. The fraction of sp³-hybridized carbons (Fsp3) is 0.267. The average Bonchev–Trinajstić information content (AvgIpc) is 2.51. The Kier molecular flexibility index (Phi) is 4.22. The summed E-state index contributed by atoms with van der Waals surface area (Å²) in [6, 6.07) is 6.81. The summed E-state index contributed by atoms with van der Waals surface area (Å²) >= 11 is 7.48. The van der Waals surface area contributed by atoms with Crippen LogP contribution >= 0.6 is 23.4 Å². The van der Waals surface area contributed by atoms with E-state index in [4.69, 9.17) is 11.6 Å². The van der Waals surface area contributed by atoms with Crippen molar-refractivity contribution >= 4 is 35.0 Å². The first-order valence-corrected chi connectivity index (χ1v) is 8.16. The molecule has 0 spiro atoms. The zero-order chi connectivity index (χ0) is 15.7. The lowest BCUT2D eigenvalue weighted by molar-refractivity contribution is -0.119. The molecular weight excluding hydrogens is 322 g/mol. The molecule has 22 heavy (non-hydrogen) atoms. The van der Waals surface area contributed by atoms with E-state index in [1.54, 1.807) is 10.6 Å². The number of rotatable bonds is 2. The number of benzene rings is 1. The predicted molar refractivity (Wildman–Crippen MR) is 87.5 cm³/mol. The first-order valence-electron chi connectivity index (χ1n) is 6.80. The first kappa shape index (κ1) is 15.1. The summed E-state index contributed by atoms with van der Waals surface area (Å²) in [4.78, 5) is 28.4. The number of aryl methyl sites for hydroxylation is 1. The van der Waals surface area contributed by atoms with Gasteiger partial charge in [0.15, 0.2) is 5.16 Å². The van der Waals surface area contributed by atoms with Crippen molar-refractivity contribution in [2.24, 2.45) is 5.92 Å². The summed E-state index contributed by atoms with van der Waals surface area (Å²) in [5, 5.41) is 4.13. The summed E-state index contributed by atoms with van der Waals surface area (Å²) in [6.45, 7) is 2.25. The van der Waals surface area contributed by atoms with Crippen LogP contribution in [0.25, 0.3) is 0 Å². The molecule has 0 bridgehead atoms. The van der Waals surface area contributed by atoms with Gasteiger partial charge in [-0.3, -0.25) is 14.2 Å². The first-order chi connectivity index (χ1) is 10.5. The van der Waals surface area contributed by atoms with E-state index < -0.39 is 0 Å². The van der Waals surface area contributed by atoms with E-state index in [-0.39, 0.29) is 17.4 Å². The molecule has 2 heterocycles. The van der Waals surface area contributed by atoms with Crippen molar-refractivity contribution in [3.05, 3.63) is 51.4 Å². The van der Waals surface area contributed by atoms with Crippen molar-refractivity contribution in [1.29, 1.82) is 0 Å². The number of thioether (sulfide) groups is 1. The van der Waals surface area contributed by atoms with Gasteiger partial charge in [0, 0.05) is 35.3 Å². The highest BCUT2D eigenvalue weighted by molar-refractivity contribution is 7.99. The van der Waals surface area contributed by atoms with Gasteiger partial charge in [0.25, 0.3) is 5.56 Å². The molecule has 2 aromatic rings. The van der Waals surface area contributed by atoms with Gasteiger partial charge in [0.05, 0.1) is 5.92 Å². The summed E-state index contributed by atoms with van der Waals surface area (Å²) < 4.78 is 1.54. The van der Waals surface area contributed by atoms with E-state index in [2.05, 4.69) is 10.3 Å². The molecule has 1 aromatic carbocycles. The number of aromatic nitrogens is 2. The fourth-order valence-corrected chi connectivity index (χ4v) is 3.47. The molecule has 1 aliphatic heterocycles. The van der Waals surface area contributed by atoms with Crippen molar-refractivity contribution in [3.63, 3.8) is 0 Å². The van der Waals surface area contributed by atoms with E-state index in [9.17, 15) is 9.59 Å². The van der Waals surface area contributed by atoms with Crippen LogP contribution in [-0.4, -0.2) is 21.2 Å². The van der Waals surface area contributed by atoms with E-state index in [0.29, 0.717) is 28.2 Å². The molecule has 0 radical (unpaired) electrons. The highest BCUT2D eigenvalue weighted by Crippen LogP contribution is 2.26. The quantitative estimate of drug-likeness (QED) is 0.857. The molecule has 7 heteroatoms. The third kappa shape index (κ3) is 3.03. The summed E-state index contributed by atoms with van der Waals surface area (Å²) in [6.07, 6.45) is 1.50. The maximum absolute atomic E-state index is 12.4. The second-order valence-electron chi connectivity index (χ2n) is 5.14. The Morgan fingerprint density at radius 2 is 2.27 bits per heavy atom. The number of carbonyl (C=O) groups is 1. The normalized spacial score (nSPS) is 16.9. The Hall–Kier alpha value is -1.79. The van der Waals surface area contributed by atoms with Gasteiger partial charge in [-0.25, -0.2) is 4.98 Å². The Morgan fingerprint density at radius 3 is 3.05 bits per heavy atom. The lowest BCUT2D eigenvalue weighted by atomic mass is 10.1. The molecule has 1 aliphatic rings. The zero-order valence-corrected chi connectivity index (χ0v) is 13.4. The molecule has 1 unspecified atom stereocenters. The molecule has 1 amide bonds. The summed E-state index contributed by atoms with van der Waals surface area (Å²) in [7, 11) is 0. The molecule has 114 valence electrons. The fourth-order valence-electron chi connectivity index (χ4n) is 2.22. The largest absolute Gasteiger partial charge is 0.326 e. The second-order valence-corrected chi connectivity index (χ2v) is 6.53. The molecule has 3 rings (SSSR count). The summed E-state index contributed by atoms with van der Waals surface area (Å²) in [5.74, 6) is 0.204. The number of fused-ring (bicyclic) bond motifs is 1. The Balaban J connectivity index is 1.75. The minimum absolute atomic E-state index is 0.117. The predicted octanol–water partition coefficient (Wildman–Crippen LogP) is 2.57. The molecule has 0 aliphatic carbocycles. The SMILES string of the molecule is Cc1ccc(NC(=O)C2CSc3nccc(=O)n3C2)cc1Cl. The van der Waals surface area contributed by atoms with Gasteiger partial charge in [-0.2, -0.15) is 0 Å². The smallest absolute Gasteiger partial charge is 0.254 e. The number of carbonyl (C=O) groups excluding carboxylic acids is 1. The molecule has 1 N–H and O–H groups in total. The number of hydrogen-bond donors (Lipinski definition) is 1. The maximum Gasteiger partial charge on any atom is 0.254 e. The molecule has 0 fully saturated rings. The number of amides is 1. The summed E-state index contributed by atoms with van der Waals surface area (Å²) in [5.41, 5.74) is 1.49. The van der Waals surface area contributed by atoms with Gasteiger partial charge in [-0.1, -0.05) is 29.4 Å². The Bertz CT molecular complexity index is 791. The number of nitrogens with zero attached hydrogens (tertiary/aromatic N) is 2. The van der Waals surface area contributed by atoms with Crippen molar-refractivity contribution in [3.8, 4) is 0 Å².